The number of carbonyl (C=O) groups is 1. The second kappa shape index (κ2) is 5.59. The molecule has 70 valence electrons. The lowest BCUT2D eigenvalue weighted by Crippen LogP contribution is -2.05. The largest absolute Gasteiger partial charge is 0.295 e. The summed E-state index contributed by atoms with van der Waals surface area (Å²) in [7, 11) is 0. The number of hydrogen-bond acceptors (Lipinski definition) is 1. The normalized spacial score (nSPS) is 15.6. The zero-order chi connectivity index (χ0) is 9.52. The summed E-state index contributed by atoms with van der Waals surface area (Å²) in [4.78, 5) is 11.5. The van der Waals surface area contributed by atoms with E-state index in [0.29, 0.717) is 18.6 Å². The van der Waals surface area contributed by atoms with E-state index in [-0.39, 0.29) is 0 Å². The van der Waals surface area contributed by atoms with E-state index in [9.17, 15) is 4.79 Å². The van der Waals surface area contributed by atoms with E-state index in [1.165, 1.54) is 12.8 Å². The van der Waals surface area contributed by atoms with E-state index in [4.69, 9.17) is 0 Å². The molecule has 0 aromatic carbocycles. The number of ketones is 1. The molecule has 0 radical (unpaired) electrons. The van der Waals surface area contributed by atoms with E-state index >= 15 is 0 Å². The number of rotatable bonds is 3. The zero-order valence-corrected chi connectivity index (χ0v) is 8.23. The predicted octanol–water partition coefficient (Wildman–Crippen LogP) is 2.86. The second-order valence-corrected chi connectivity index (χ2v) is 3.33. The van der Waals surface area contributed by atoms with Crippen LogP contribution in [-0.2, 0) is 4.79 Å². The van der Waals surface area contributed by atoms with Crippen LogP contribution in [0.3, 0.4) is 0 Å². The minimum atomic E-state index is 0.308. The van der Waals surface area contributed by atoms with Gasteiger partial charge in [0.05, 0.1) is 0 Å². The molecule has 13 heavy (non-hydrogen) atoms. The fourth-order valence-electron chi connectivity index (χ4n) is 1.55. The van der Waals surface area contributed by atoms with Crippen LogP contribution in [0.15, 0.2) is 11.6 Å². The zero-order valence-electron chi connectivity index (χ0n) is 8.23. The van der Waals surface area contributed by atoms with Gasteiger partial charge in [-0.15, -0.1) is 11.8 Å². The van der Waals surface area contributed by atoms with E-state index < -0.39 is 0 Å². The van der Waals surface area contributed by atoms with Crippen molar-refractivity contribution in [3.63, 3.8) is 0 Å². The minimum Gasteiger partial charge on any atom is -0.295 e. The summed E-state index contributed by atoms with van der Waals surface area (Å²) in [6, 6.07) is 0. The lowest BCUT2D eigenvalue weighted by atomic mass is 9.94. The molecule has 0 aromatic heterocycles. The Hall–Kier alpha value is -1.03. The fourth-order valence-corrected chi connectivity index (χ4v) is 1.55. The van der Waals surface area contributed by atoms with E-state index in [1.807, 2.05) is 6.92 Å². The molecule has 0 N–H and O–H groups in total. The summed E-state index contributed by atoms with van der Waals surface area (Å²) in [6.07, 6.45) is 7.91. The van der Waals surface area contributed by atoms with Crippen molar-refractivity contribution in [1.82, 2.24) is 0 Å². The molecule has 0 unspecified atom stereocenters. The maximum absolute atomic E-state index is 11.5. The molecule has 0 atom stereocenters. The Labute approximate surface area is 80.2 Å². The lowest BCUT2D eigenvalue weighted by Gasteiger charge is -2.10. The third-order valence-corrected chi connectivity index (χ3v) is 2.30. The highest BCUT2D eigenvalue weighted by Crippen LogP contribution is 2.19. The van der Waals surface area contributed by atoms with Crippen LogP contribution in [0.4, 0.5) is 0 Å². The molecule has 1 nitrogen and oxygen atoms in total. The first kappa shape index (κ1) is 10.1. The van der Waals surface area contributed by atoms with Crippen molar-refractivity contribution in [3.05, 3.63) is 11.6 Å². The first-order valence-corrected chi connectivity index (χ1v) is 4.96. The minimum absolute atomic E-state index is 0.308. The van der Waals surface area contributed by atoms with Crippen LogP contribution >= 0.6 is 0 Å². The Kier molecular flexibility index (Phi) is 4.32. The Balaban J connectivity index is 2.36. The summed E-state index contributed by atoms with van der Waals surface area (Å²) in [5, 5.41) is 0. The highest BCUT2D eigenvalue weighted by Gasteiger charge is 2.10. The van der Waals surface area contributed by atoms with Gasteiger partial charge in [-0.3, -0.25) is 4.79 Å². The maximum atomic E-state index is 11.5. The van der Waals surface area contributed by atoms with Crippen molar-refractivity contribution < 1.29 is 4.79 Å². The standard InChI is InChI=1S/C12H16O/c1-2-3-5-10-12(13)11-8-6-4-7-9-11/h8H,4-7,9-10H2,1H3. The monoisotopic (exact) mass is 176 g/mol. The van der Waals surface area contributed by atoms with E-state index in [0.717, 1.165) is 18.4 Å². The Morgan fingerprint density at radius 3 is 3.00 bits per heavy atom. The van der Waals surface area contributed by atoms with Gasteiger partial charge >= 0.3 is 0 Å². The van der Waals surface area contributed by atoms with Crippen molar-refractivity contribution in [2.24, 2.45) is 0 Å². The summed E-state index contributed by atoms with van der Waals surface area (Å²) in [6.45, 7) is 1.81. The Bertz CT molecular complexity index is 263. The van der Waals surface area contributed by atoms with Crippen molar-refractivity contribution in [2.75, 3.05) is 0 Å². The van der Waals surface area contributed by atoms with Gasteiger partial charge in [0.15, 0.2) is 5.78 Å². The lowest BCUT2D eigenvalue weighted by molar-refractivity contribution is -0.115. The topological polar surface area (TPSA) is 17.1 Å². The first-order chi connectivity index (χ1) is 6.34. The summed E-state index contributed by atoms with van der Waals surface area (Å²) < 4.78 is 0. The molecule has 0 spiro atoms. The van der Waals surface area contributed by atoms with Crippen LogP contribution in [0, 0.1) is 11.8 Å². The first-order valence-electron chi connectivity index (χ1n) is 4.96. The van der Waals surface area contributed by atoms with Crippen LogP contribution in [0.2, 0.25) is 0 Å². The summed E-state index contributed by atoms with van der Waals surface area (Å²) in [5.74, 6) is 6.03. The van der Waals surface area contributed by atoms with Gasteiger partial charge in [0, 0.05) is 12.8 Å². The molecule has 0 fully saturated rings. The molecule has 1 aliphatic rings. The quantitative estimate of drug-likeness (QED) is 0.604. The molecule has 0 saturated carbocycles. The molecule has 1 rings (SSSR count). The predicted molar refractivity (Wildman–Crippen MR) is 54.2 cm³/mol. The van der Waals surface area contributed by atoms with Crippen molar-refractivity contribution in [1.29, 1.82) is 0 Å². The van der Waals surface area contributed by atoms with Crippen LogP contribution < -0.4 is 0 Å². The molecule has 0 aliphatic heterocycles. The van der Waals surface area contributed by atoms with Crippen molar-refractivity contribution in [2.45, 2.75) is 45.4 Å². The van der Waals surface area contributed by atoms with Gasteiger partial charge in [-0.05, 0) is 38.2 Å². The Morgan fingerprint density at radius 2 is 2.38 bits per heavy atom. The van der Waals surface area contributed by atoms with Crippen LogP contribution in [0.25, 0.3) is 0 Å². The smallest absolute Gasteiger partial charge is 0.159 e. The van der Waals surface area contributed by atoms with Gasteiger partial charge in [0.1, 0.15) is 0 Å². The summed E-state index contributed by atoms with van der Waals surface area (Å²) >= 11 is 0. The van der Waals surface area contributed by atoms with E-state index in [1.54, 1.807) is 0 Å². The molecule has 1 heteroatoms. The Morgan fingerprint density at radius 1 is 1.54 bits per heavy atom. The molecule has 0 bridgehead atoms. The molecular formula is C12H16O. The van der Waals surface area contributed by atoms with Crippen LogP contribution in [0.1, 0.15) is 45.4 Å². The summed E-state index contributed by atoms with van der Waals surface area (Å²) in [5.41, 5.74) is 1.05. The van der Waals surface area contributed by atoms with Gasteiger partial charge < -0.3 is 0 Å². The average molecular weight is 176 g/mol. The second-order valence-electron chi connectivity index (χ2n) is 3.33. The highest BCUT2D eigenvalue weighted by molar-refractivity contribution is 5.95. The van der Waals surface area contributed by atoms with Crippen molar-refractivity contribution in [3.8, 4) is 11.8 Å². The molecule has 0 aromatic rings. The third kappa shape index (κ3) is 3.46. The fraction of sp³-hybridized carbons (Fsp3) is 0.583. The number of hydrogen-bond donors (Lipinski definition) is 0. The average Bonchev–Trinajstić information content (AvgIpc) is 2.19. The molecule has 1 aliphatic carbocycles. The molecule has 0 amide bonds. The molecular weight excluding hydrogens is 160 g/mol. The molecule has 0 saturated heterocycles. The SMILES string of the molecule is CC#CCCC(=O)C1=CCCCC1. The number of carbonyl (C=O) groups excluding carboxylic acids is 1. The van der Waals surface area contributed by atoms with Gasteiger partial charge in [-0.1, -0.05) is 6.08 Å². The van der Waals surface area contributed by atoms with Crippen LogP contribution in [-0.4, -0.2) is 5.78 Å². The molecule has 0 heterocycles. The van der Waals surface area contributed by atoms with Gasteiger partial charge in [0.25, 0.3) is 0 Å². The highest BCUT2D eigenvalue weighted by atomic mass is 16.1. The number of allylic oxidation sites excluding steroid dienone is 2. The van der Waals surface area contributed by atoms with E-state index in [2.05, 4.69) is 17.9 Å². The van der Waals surface area contributed by atoms with Gasteiger partial charge in [-0.2, -0.15) is 0 Å². The van der Waals surface area contributed by atoms with Gasteiger partial charge in [0.2, 0.25) is 0 Å². The van der Waals surface area contributed by atoms with Crippen LogP contribution in [0.5, 0.6) is 0 Å². The third-order valence-electron chi connectivity index (χ3n) is 2.30. The number of Topliss-reactive ketones (excluding diaryl/α,β-unsaturated/α-hetero) is 1. The van der Waals surface area contributed by atoms with Crippen molar-refractivity contribution >= 4 is 5.78 Å². The van der Waals surface area contributed by atoms with Gasteiger partial charge in [-0.25, -0.2) is 0 Å². The maximum Gasteiger partial charge on any atom is 0.159 e.